The maximum Gasteiger partial charge on any atom is 0.410 e. The monoisotopic (exact) mass is 466 g/mol. The molecule has 3 heterocycles. The third-order valence-corrected chi connectivity index (χ3v) is 7.15. The summed E-state index contributed by atoms with van der Waals surface area (Å²) in [6.45, 7) is 2.83. The summed E-state index contributed by atoms with van der Waals surface area (Å²) < 4.78 is 5.69. The first-order valence-electron chi connectivity index (χ1n) is 11.0. The quantitative estimate of drug-likeness (QED) is 0.667. The molecule has 1 aliphatic heterocycles. The van der Waals surface area contributed by atoms with E-state index in [1.807, 2.05) is 13.0 Å². The highest BCUT2D eigenvalue weighted by molar-refractivity contribution is 7.16. The van der Waals surface area contributed by atoms with E-state index in [1.165, 1.54) is 17.4 Å². The number of aliphatic hydroxyl groups is 1. The van der Waals surface area contributed by atoms with E-state index in [-0.39, 0.29) is 12.0 Å². The number of fused-ring (bicyclic) bond motifs is 1. The van der Waals surface area contributed by atoms with Crippen LogP contribution in [0.5, 0.6) is 0 Å². The first kappa shape index (κ1) is 23.0. The lowest BCUT2D eigenvalue weighted by molar-refractivity contribution is -0.111. The molecule has 2 aromatic rings. The number of anilines is 1. The van der Waals surface area contributed by atoms with Gasteiger partial charge in [-0.2, -0.15) is 5.26 Å². The molecule has 33 heavy (non-hydrogen) atoms. The SMILES string of the molecule is Cc1ccncc1/C=C/C(=O)Nc1sc2c(c1C#N)CCC(OC(=O)N1CCCC(O)C1)C2. The van der Waals surface area contributed by atoms with E-state index in [1.54, 1.807) is 23.4 Å². The minimum atomic E-state index is -0.498. The van der Waals surface area contributed by atoms with Gasteiger partial charge in [-0.05, 0) is 61.4 Å². The van der Waals surface area contributed by atoms with Crippen molar-refractivity contribution in [2.75, 3.05) is 18.4 Å². The van der Waals surface area contributed by atoms with Crippen molar-refractivity contribution in [1.29, 1.82) is 5.26 Å². The fourth-order valence-electron chi connectivity index (χ4n) is 4.17. The number of hydrogen-bond donors (Lipinski definition) is 2. The number of likely N-dealkylation sites (tertiary alicyclic amines) is 1. The van der Waals surface area contributed by atoms with Gasteiger partial charge in [-0.3, -0.25) is 9.78 Å². The van der Waals surface area contributed by atoms with Gasteiger partial charge in [0.25, 0.3) is 0 Å². The summed E-state index contributed by atoms with van der Waals surface area (Å²) >= 11 is 1.36. The lowest BCUT2D eigenvalue weighted by Gasteiger charge is -2.31. The molecule has 9 heteroatoms. The molecule has 0 radical (unpaired) electrons. The van der Waals surface area contributed by atoms with Crippen LogP contribution in [0.3, 0.4) is 0 Å². The van der Waals surface area contributed by atoms with Crippen LogP contribution in [0.15, 0.2) is 24.5 Å². The minimum absolute atomic E-state index is 0.286. The Labute approximate surface area is 196 Å². The van der Waals surface area contributed by atoms with Gasteiger partial charge in [0, 0.05) is 42.9 Å². The van der Waals surface area contributed by atoms with Gasteiger partial charge in [0.1, 0.15) is 17.2 Å². The lowest BCUT2D eigenvalue weighted by Crippen LogP contribution is -2.44. The van der Waals surface area contributed by atoms with Gasteiger partial charge in [0.05, 0.1) is 11.7 Å². The average molecular weight is 467 g/mol. The molecule has 1 saturated heterocycles. The summed E-state index contributed by atoms with van der Waals surface area (Å²) in [6, 6.07) is 4.09. The highest BCUT2D eigenvalue weighted by Gasteiger charge is 2.30. The summed E-state index contributed by atoms with van der Waals surface area (Å²) in [5.74, 6) is -0.319. The number of aryl methyl sites for hydroxylation is 1. The number of thiophene rings is 1. The number of piperidine rings is 1. The normalized spacial score (nSPS) is 20.2. The zero-order chi connectivity index (χ0) is 23.4. The fourth-order valence-corrected chi connectivity index (χ4v) is 5.44. The number of nitrogens with zero attached hydrogens (tertiary/aromatic N) is 3. The number of rotatable bonds is 4. The van der Waals surface area contributed by atoms with Gasteiger partial charge >= 0.3 is 6.09 Å². The Morgan fingerprint density at radius 2 is 2.27 bits per heavy atom. The fraction of sp³-hybridized carbons (Fsp3) is 0.417. The van der Waals surface area contributed by atoms with Crippen LogP contribution in [0.2, 0.25) is 0 Å². The lowest BCUT2D eigenvalue weighted by atomic mass is 9.94. The molecule has 172 valence electrons. The van der Waals surface area contributed by atoms with E-state index < -0.39 is 12.2 Å². The van der Waals surface area contributed by atoms with Crippen molar-refractivity contribution in [2.24, 2.45) is 0 Å². The van der Waals surface area contributed by atoms with E-state index in [2.05, 4.69) is 16.4 Å². The van der Waals surface area contributed by atoms with Crippen LogP contribution < -0.4 is 5.32 Å². The molecule has 0 bridgehead atoms. The molecule has 8 nitrogen and oxygen atoms in total. The smallest absolute Gasteiger partial charge is 0.410 e. The first-order valence-corrected chi connectivity index (χ1v) is 11.8. The van der Waals surface area contributed by atoms with Gasteiger partial charge in [-0.1, -0.05) is 0 Å². The first-order chi connectivity index (χ1) is 15.9. The predicted molar refractivity (Wildman–Crippen MR) is 125 cm³/mol. The Hall–Kier alpha value is -3.22. The number of pyridine rings is 1. The molecule has 0 aromatic carbocycles. The Morgan fingerprint density at radius 1 is 1.42 bits per heavy atom. The number of hydrogen-bond acceptors (Lipinski definition) is 7. The van der Waals surface area contributed by atoms with Gasteiger partial charge in [-0.25, -0.2) is 4.79 Å². The number of ether oxygens (including phenoxy) is 1. The van der Waals surface area contributed by atoms with Gasteiger partial charge in [0.2, 0.25) is 5.91 Å². The van der Waals surface area contributed by atoms with E-state index >= 15 is 0 Å². The summed E-state index contributed by atoms with van der Waals surface area (Å²) in [6.07, 6.45) is 8.54. The highest BCUT2D eigenvalue weighted by Crippen LogP contribution is 2.38. The van der Waals surface area contributed by atoms with E-state index in [0.29, 0.717) is 49.3 Å². The van der Waals surface area contributed by atoms with Crippen molar-refractivity contribution in [1.82, 2.24) is 9.88 Å². The number of carbonyl (C=O) groups is 2. The van der Waals surface area contributed by atoms with Crippen LogP contribution >= 0.6 is 11.3 Å². The van der Waals surface area contributed by atoms with Crippen LogP contribution in [0.25, 0.3) is 6.08 Å². The molecule has 2 aliphatic rings. The summed E-state index contributed by atoms with van der Waals surface area (Å²) in [5.41, 5.74) is 3.27. The molecular formula is C24H26N4O4S. The second kappa shape index (κ2) is 10.1. The third-order valence-electron chi connectivity index (χ3n) is 5.98. The molecule has 0 saturated carbocycles. The Balaban J connectivity index is 1.41. The van der Waals surface area contributed by atoms with Crippen LogP contribution in [0.4, 0.5) is 9.80 Å². The molecule has 1 aliphatic carbocycles. The summed E-state index contributed by atoms with van der Waals surface area (Å²) in [4.78, 5) is 31.5. The second-order valence-electron chi connectivity index (χ2n) is 8.37. The van der Waals surface area contributed by atoms with Crippen molar-refractivity contribution in [2.45, 2.75) is 51.2 Å². The zero-order valence-corrected chi connectivity index (χ0v) is 19.2. The number of aromatic nitrogens is 1. The van der Waals surface area contributed by atoms with Gasteiger partial charge < -0.3 is 20.1 Å². The maximum atomic E-state index is 12.5. The molecule has 2 aromatic heterocycles. The summed E-state index contributed by atoms with van der Waals surface area (Å²) in [5, 5.41) is 22.8. The molecule has 2 unspecified atom stereocenters. The van der Waals surface area contributed by atoms with Gasteiger partial charge in [-0.15, -0.1) is 11.3 Å². The summed E-state index contributed by atoms with van der Waals surface area (Å²) in [7, 11) is 0. The number of aliphatic hydroxyl groups excluding tert-OH is 1. The minimum Gasteiger partial charge on any atom is -0.446 e. The number of nitrogens with one attached hydrogen (secondary N) is 1. The second-order valence-corrected chi connectivity index (χ2v) is 9.47. The predicted octanol–water partition coefficient (Wildman–Crippen LogP) is 3.43. The standard InChI is InChI=1S/C24H26N4O4S/c1-15-8-9-26-13-16(15)4-7-22(30)27-23-20(12-25)19-6-5-18(11-21(19)33-23)32-24(31)28-10-2-3-17(29)14-28/h4,7-9,13,17-18,29H,2-3,5-6,10-11,14H2,1H3,(H,27,30)/b7-4+. The van der Waals surface area contributed by atoms with Crippen LogP contribution in [-0.4, -0.2) is 52.3 Å². The molecule has 1 fully saturated rings. The molecule has 2 atom stereocenters. The maximum absolute atomic E-state index is 12.5. The van der Waals surface area contributed by atoms with Crippen LogP contribution in [0, 0.1) is 18.3 Å². The number of amides is 2. The highest BCUT2D eigenvalue weighted by atomic mass is 32.1. The Morgan fingerprint density at radius 3 is 3.03 bits per heavy atom. The van der Waals surface area contributed by atoms with Crippen molar-refractivity contribution < 1.29 is 19.4 Å². The Bertz CT molecular complexity index is 1120. The van der Waals surface area contributed by atoms with E-state index in [4.69, 9.17) is 4.74 Å². The largest absolute Gasteiger partial charge is 0.446 e. The van der Waals surface area contributed by atoms with Crippen molar-refractivity contribution in [3.63, 3.8) is 0 Å². The third kappa shape index (κ3) is 5.41. The molecular weight excluding hydrogens is 440 g/mol. The molecule has 0 spiro atoms. The van der Waals surface area contributed by atoms with Crippen molar-refractivity contribution in [3.05, 3.63) is 51.7 Å². The number of nitriles is 1. The van der Waals surface area contributed by atoms with Gasteiger partial charge in [0.15, 0.2) is 0 Å². The van der Waals surface area contributed by atoms with Crippen LogP contribution in [-0.2, 0) is 22.4 Å². The molecule has 2 amide bonds. The topological polar surface area (TPSA) is 116 Å². The number of carbonyl (C=O) groups excluding carboxylic acids is 2. The van der Waals surface area contributed by atoms with Crippen molar-refractivity contribution in [3.8, 4) is 6.07 Å². The number of β-amino-alcohol motifs (C(OH)–C–C–N with tert-alkyl or cyclic N) is 1. The average Bonchev–Trinajstić information content (AvgIpc) is 3.14. The molecule has 2 N–H and O–H groups in total. The van der Waals surface area contributed by atoms with Crippen LogP contribution in [0.1, 0.15) is 46.4 Å². The van der Waals surface area contributed by atoms with E-state index in [9.17, 15) is 20.0 Å². The van der Waals surface area contributed by atoms with E-state index in [0.717, 1.165) is 28.0 Å². The zero-order valence-electron chi connectivity index (χ0n) is 18.4. The molecule has 4 rings (SSSR count). The Kier molecular flexibility index (Phi) is 7.06. The van der Waals surface area contributed by atoms with Crippen molar-refractivity contribution >= 4 is 34.4 Å².